The standard InChI is InChI=1S/C7H11BrGeO/c1-9(2,3)7-6(8)4-5-10-7/h4-5H,1-3H3. The molecule has 0 aromatic carbocycles. The number of furan rings is 1. The molecule has 0 saturated heterocycles. The summed E-state index contributed by atoms with van der Waals surface area (Å²) in [7, 11) is 0. The van der Waals surface area contributed by atoms with Gasteiger partial charge in [0.1, 0.15) is 0 Å². The molecule has 1 heterocycles. The van der Waals surface area contributed by atoms with E-state index in [0.717, 1.165) is 4.47 Å². The van der Waals surface area contributed by atoms with E-state index in [0.29, 0.717) is 0 Å². The van der Waals surface area contributed by atoms with Crippen molar-refractivity contribution in [2.24, 2.45) is 0 Å². The predicted molar refractivity (Wildman–Crippen MR) is 49.4 cm³/mol. The van der Waals surface area contributed by atoms with Crippen molar-refractivity contribution in [1.29, 1.82) is 0 Å². The third-order valence-electron chi connectivity index (χ3n) is 1.30. The van der Waals surface area contributed by atoms with Gasteiger partial charge in [-0.25, -0.2) is 0 Å². The molecule has 0 N–H and O–H groups in total. The molecule has 0 spiro atoms. The van der Waals surface area contributed by atoms with Gasteiger partial charge in [-0.05, 0) is 0 Å². The topological polar surface area (TPSA) is 13.1 Å². The molecule has 3 heteroatoms. The molecule has 0 aliphatic rings. The molecular weight excluding hydrogens is 253 g/mol. The Balaban J connectivity index is 3.05. The van der Waals surface area contributed by atoms with E-state index in [4.69, 9.17) is 4.42 Å². The van der Waals surface area contributed by atoms with E-state index in [1.165, 1.54) is 4.59 Å². The second-order valence-corrected chi connectivity index (χ2v) is 14.6. The third kappa shape index (κ3) is 1.67. The van der Waals surface area contributed by atoms with Crippen molar-refractivity contribution in [3.8, 4) is 0 Å². The van der Waals surface area contributed by atoms with E-state index < -0.39 is 13.3 Å². The van der Waals surface area contributed by atoms with E-state index in [1.54, 1.807) is 6.26 Å². The van der Waals surface area contributed by atoms with Crippen LogP contribution in [0.3, 0.4) is 0 Å². The van der Waals surface area contributed by atoms with Crippen molar-refractivity contribution < 1.29 is 4.42 Å². The summed E-state index contributed by atoms with van der Waals surface area (Å²) in [4.78, 5) is 0. The summed E-state index contributed by atoms with van der Waals surface area (Å²) in [5.41, 5.74) is 0. The Morgan fingerprint density at radius 2 is 2.00 bits per heavy atom. The van der Waals surface area contributed by atoms with Crippen LogP contribution in [0.5, 0.6) is 0 Å². The molecule has 0 aliphatic carbocycles. The number of halogens is 1. The summed E-state index contributed by atoms with van der Waals surface area (Å²) in [5.74, 6) is 6.93. The van der Waals surface area contributed by atoms with Crippen LogP contribution >= 0.6 is 15.9 Å². The maximum absolute atomic E-state index is 5.37. The van der Waals surface area contributed by atoms with E-state index in [1.807, 2.05) is 6.07 Å². The van der Waals surface area contributed by atoms with Crippen molar-refractivity contribution in [3.63, 3.8) is 0 Å². The van der Waals surface area contributed by atoms with Gasteiger partial charge in [-0.3, -0.25) is 0 Å². The van der Waals surface area contributed by atoms with Gasteiger partial charge in [0.15, 0.2) is 0 Å². The van der Waals surface area contributed by atoms with Crippen LogP contribution in [0.15, 0.2) is 21.2 Å². The van der Waals surface area contributed by atoms with Crippen LogP contribution in [-0.2, 0) is 0 Å². The van der Waals surface area contributed by atoms with Gasteiger partial charge in [-0.1, -0.05) is 0 Å². The van der Waals surface area contributed by atoms with Crippen molar-refractivity contribution in [2.45, 2.75) is 17.3 Å². The zero-order chi connectivity index (χ0) is 7.78. The van der Waals surface area contributed by atoms with Gasteiger partial charge < -0.3 is 0 Å². The molecule has 1 aromatic heterocycles. The number of rotatable bonds is 1. The fourth-order valence-electron chi connectivity index (χ4n) is 0.829. The average molecular weight is 264 g/mol. The SMILES string of the molecule is [CH3][Ge]([CH3])([CH3])[c]1occc1Br. The Labute approximate surface area is 72.3 Å². The summed E-state index contributed by atoms with van der Waals surface area (Å²) >= 11 is 1.75. The van der Waals surface area contributed by atoms with Crippen molar-refractivity contribution in [2.75, 3.05) is 0 Å². The van der Waals surface area contributed by atoms with E-state index in [-0.39, 0.29) is 0 Å². The number of hydrogen-bond donors (Lipinski definition) is 0. The fraction of sp³-hybridized carbons (Fsp3) is 0.429. The normalized spacial score (nSPS) is 12.0. The van der Waals surface area contributed by atoms with Gasteiger partial charge >= 0.3 is 72.3 Å². The predicted octanol–water partition coefficient (Wildman–Crippen LogP) is 2.59. The first-order valence-corrected chi connectivity index (χ1v) is 11.4. The first kappa shape index (κ1) is 8.40. The van der Waals surface area contributed by atoms with Crippen molar-refractivity contribution >= 4 is 33.8 Å². The maximum atomic E-state index is 5.37. The molecular formula is C7H11BrGeO. The van der Waals surface area contributed by atoms with Crippen LogP contribution in [-0.4, -0.2) is 13.3 Å². The molecule has 1 nitrogen and oxygen atoms in total. The minimum atomic E-state index is -1.71. The molecule has 0 atom stereocenters. The van der Waals surface area contributed by atoms with Crippen LogP contribution < -0.4 is 4.59 Å². The van der Waals surface area contributed by atoms with Crippen LogP contribution in [0, 0.1) is 0 Å². The van der Waals surface area contributed by atoms with Crippen LogP contribution in [0.4, 0.5) is 0 Å². The Bertz CT molecular complexity index is 224. The number of hydrogen-bond acceptors (Lipinski definition) is 1. The van der Waals surface area contributed by atoms with E-state index in [2.05, 4.69) is 33.2 Å². The molecule has 0 fully saturated rings. The second-order valence-electron chi connectivity index (χ2n) is 3.35. The Hall–Kier alpha value is 0.303. The molecule has 1 rings (SSSR count). The molecule has 0 amide bonds. The minimum absolute atomic E-state index is 1.14. The quantitative estimate of drug-likeness (QED) is 0.710. The van der Waals surface area contributed by atoms with Gasteiger partial charge in [0.2, 0.25) is 0 Å². The molecule has 0 bridgehead atoms. The Kier molecular flexibility index (Phi) is 2.30. The van der Waals surface area contributed by atoms with Crippen LogP contribution in [0.1, 0.15) is 0 Å². The summed E-state index contributed by atoms with van der Waals surface area (Å²) in [6, 6.07) is 1.96. The molecule has 10 heavy (non-hydrogen) atoms. The fourth-order valence-corrected chi connectivity index (χ4v) is 6.68. The van der Waals surface area contributed by atoms with Crippen LogP contribution in [0.25, 0.3) is 0 Å². The molecule has 0 unspecified atom stereocenters. The summed E-state index contributed by atoms with van der Waals surface area (Å²) in [6.07, 6.45) is 1.75. The monoisotopic (exact) mass is 264 g/mol. The Morgan fingerprint density at radius 3 is 2.20 bits per heavy atom. The van der Waals surface area contributed by atoms with Crippen LogP contribution in [0.2, 0.25) is 17.3 Å². The molecule has 56 valence electrons. The van der Waals surface area contributed by atoms with Gasteiger partial charge in [0.25, 0.3) is 0 Å². The first-order valence-electron chi connectivity index (χ1n) is 3.25. The summed E-state index contributed by atoms with van der Waals surface area (Å²) in [6.45, 7) is 0. The van der Waals surface area contributed by atoms with Gasteiger partial charge in [0, 0.05) is 0 Å². The summed E-state index contributed by atoms with van der Waals surface area (Å²) in [5, 5.41) is 0. The Morgan fingerprint density at radius 1 is 1.40 bits per heavy atom. The second kappa shape index (κ2) is 2.74. The zero-order valence-electron chi connectivity index (χ0n) is 6.44. The zero-order valence-corrected chi connectivity index (χ0v) is 10.1. The van der Waals surface area contributed by atoms with Gasteiger partial charge in [0.05, 0.1) is 0 Å². The van der Waals surface area contributed by atoms with E-state index >= 15 is 0 Å². The molecule has 0 saturated carbocycles. The van der Waals surface area contributed by atoms with E-state index in [9.17, 15) is 0 Å². The average Bonchev–Trinajstić information content (AvgIpc) is 2.11. The molecule has 0 radical (unpaired) electrons. The molecule has 1 aromatic rings. The van der Waals surface area contributed by atoms with Gasteiger partial charge in [-0.15, -0.1) is 0 Å². The molecule has 0 aliphatic heterocycles. The van der Waals surface area contributed by atoms with Gasteiger partial charge in [-0.2, -0.15) is 0 Å². The summed E-state index contributed by atoms with van der Waals surface area (Å²) < 4.78 is 7.70. The first-order chi connectivity index (χ1) is 4.52. The third-order valence-corrected chi connectivity index (χ3v) is 6.36. The van der Waals surface area contributed by atoms with Crippen molar-refractivity contribution in [3.05, 3.63) is 16.8 Å². The van der Waals surface area contributed by atoms with Crippen molar-refractivity contribution in [1.82, 2.24) is 0 Å².